The highest BCUT2D eigenvalue weighted by molar-refractivity contribution is 6.67. The lowest BCUT2D eigenvalue weighted by Crippen LogP contribution is -2.54. The number of hydrogen-bond acceptors (Lipinski definition) is 3. The highest BCUT2D eigenvalue weighted by Crippen LogP contribution is 2.44. The minimum atomic E-state index is -0.392. The van der Waals surface area contributed by atoms with E-state index >= 15 is 0 Å². The molecule has 1 aliphatic heterocycles. The van der Waals surface area contributed by atoms with E-state index in [0.29, 0.717) is 12.2 Å². The van der Waals surface area contributed by atoms with Gasteiger partial charge in [-0.3, -0.25) is 9.69 Å². The van der Waals surface area contributed by atoms with Crippen molar-refractivity contribution >= 4 is 16.8 Å². The predicted octanol–water partition coefficient (Wildman–Crippen LogP) is 4.56. The van der Waals surface area contributed by atoms with Gasteiger partial charge in [0, 0.05) is 12.1 Å². The largest absolute Gasteiger partial charge is 0.359 e. The number of carbonyl (C=O) groups is 1. The number of halogens is 1. The van der Waals surface area contributed by atoms with Crippen LogP contribution in [0.2, 0.25) is 0 Å². The van der Waals surface area contributed by atoms with Crippen LogP contribution in [0.15, 0.2) is 48.5 Å². The van der Waals surface area contributed by atoms with Gasteiger partial charge in [-0.1, -0.05) is 36.4 Å². The molecule has 0 radical (unpaired) electrons. The van der Waals surface area contributed by atoms with E-state index in [0.717, 1.165) is 25.8 Å². The number of carbonyl (C=O) groups excluding carboxylic acids is 1. The van der Waals surface area contributed by atoms with E-state index < -0.39 is 5.24 Å². The summed E-state index contributed by atoms with van der Waals surface area (Å²) < 4.78 is 6.24. The maximum absolute atomic E-state index is 11.6. The number of hydrogen-bond donors (Lipinski definition) is 0. The van der Waals surface area contributed by atoms with Gasteiger partial charge in [0.15, 0.2) is 0 Å². The van der Waals surface area contributed by atoms with Crippen molar-refractivity contribution in [2.75, 3.05) is 6.61 Å². The highest BCUT2D eigenvalue weighted by Gasteiger charge is 2.52. The molecule has 0 saturated carbocycles. The van der Waals surface area contributed by atoms with Crippen molar-refractivity contribution in [1.29, 1.82) is 0 Å². The predicted molar refractivity (Wildman–Crippen MR) is 103 cm³/mol. The van der Waals surface area contributed by atoms with Crippen LogP contribution < -0.4 is 0 Å². The van der Waals surface area contributed by atoms with Gasteiger partial charge >= 0.3 is 0 Å². The Kier molecular flexibility index (Phi) is 4.42. The Balaban J connectivity index is 1.68. The quantitative estimate of drug-likeness (QED) is 0.743. The summed E-state index contributed by atoms with van der Waals surface area (Å²) >= 11 is 5.70. The average Bonchev–Trinajstić information content (AvgIpc) is 2.87. The summed E-state index contributed by atoms with van der Waals surface area (Å²) in [7, 11) is 0. The molecule has 0 N–H and O–H groups in total. The molecule has 1 spiro atoms. The zero-order valence-corrected chi connectivity index (χ0v) is 16.1. The van der Waals surface area contributed by atoms with Gasteiger partial charge in [-0.05, 0) is 73.5 Å². The van der Waals surface area contributed by atoms with Crippen molar-refractivity contribution < 1.29 is 9.53 Å². The van der Waals surface area contributed by atoms with Crippen molar-refractivity contribution in [1.82, 2.24) is 4.90 Å². The van der Waals surface area contributed by atoms with Crippen molar-refractivity contribution in [2.24, 2.45) is 0 Å². The third-order valence-electron chi connectivity index (χ3n) is 5.91. The number of ether oxygens (including phenoxy) is 1. The molecule has 136 valence electrons. The van der Waals surface area contributed by atoms with Crippen molar-refractivity contribution in [3.8, 4) is 0 Å². The monoisotopic (exact) mass is 369 g/mol. The minimum absolute atomic E-state index is 0.0413. The number of rotatable bonds is 3. The number of nitrogens with zero attached hydrogens (tertiary/aromatic N) is 1. The molecule has 2 aliphatic rings. The van der Waals surface area contributed by atoms with E-state index in [2.05, 4.69) is 49.1 Å². The number of benzene rings is 2. The molecule has 0 amide bonds. The van der Waals surface area contributed by atoms with E-state index in [1.54, 1.807) is 0 Å². The molecule has 1 atom stereocenters. The molecule has 4 rings (SSSR count). The van der Waals surface area contributed by atoms with E-state index in [4.69, 9.17) is 16.3 Å². The van der Waals surface area contributed by atoms with Gasteiger partial charge in [0.05, 0.1) is 12.1 Å². The van der Waals surface area contributed by atoms with Gasteiger partial charge in [0.25, 0.3) is 5.24 Å². The Morgan fingerprint density at radius 3 is 2.65 bits per heavy atom. The normalized spacial score (nSPS) is 24.6. The first kappa shape index (κ1) is 17.7. The molecule has 3 nitrogen and oxygen atoms in total. The molecule has 4 heteroatoms. The summed E-state index contributed by atoms with van der Waals surface area (Å²) in [6, 6.07) is 16.4. The topological polar surface area (TPSA) is 29.5 Å². The summed E-state index contributed by atoms with van der Waals surface area (Å²) in [5.74, 6) is 0. The second-order valence-electron chi connectivity index (χ2n) is 7.97. The molecule has 1 fully saturated rings. The molecule has 1 unspecified atom stereocenters. The maximum atomic E-state index is 11.6. The lowest BCUT2D eigenvalue weighted by molar-refractivity contribution is -0.0673. The van der Waals surface area contributed by atoms with Crippen LogP contribution >= 0.6 is 11.6 Å². The van der Waals surface area contributed by atoms with Crippen LogP contribution in [-0.2, 0) is 24.1 Å². The lowest BCUT2D eigenvalue weighted by Gasteiger charge is -2.45. The fourth-order valence-corrected chi connectivity index (χ4v) is 4.60. The fraction of sp³-hybridized carbons (Fsp3) is 0.409. The number of aryl methyl sites for hydroxylation is 1. The Morgan fingerprint density at radius 2 is 1.92 bits per heavy atom. The molecule has 0 aromatic heterocycles. The van der Waals surface area contributed by atoms with Crippen molar-refractivity contribution in [3.05, 3.63) is 70.8 Å². The lowest BCUT2D eigenvalue weighted by atomic mass is 9.76. The summed E-state index contributed by atoms with van der Waals surface area (Å²) in [5.41, 5.74) is 4.06. The van der Waals surface area contributed by atoms with Crippen LogP contribution in [0.1, 0.15) is 47.3 Å². The smallest absolute Gasteiger partial charge is 0.252 e. The molecular formula is C22H24ClNO2. The minimum Gasteiger partial charge on any atom is -0.359 e. The van der Waals surface area contributed by atoms with E-state index in [9.17, 15) is 4.79 Å². The first-order chi connectivity index (χ1) is 12.4. The third kappa shape index (κ3) is 3.09. The second-order valence-corrected chi connectivity index (χ2v) is 8.31. The molecule has 2 aromatic carbocycles. The Labute approximate surface area is 159 Å². The third-order valence-corrected chi connectivity index (χ3v) is 6.13. The zero-order chi connectivity index (χ0) is 18.4. The highest BCUT2D eigenvalue weighted by atomic mass is 35.5. The maximum Gasteiger partial charge on any atom is 0.252 e. The van der Waals surface area contributed by atoms with Gasteiger partial charge in [-0.2, -0.15) is 0 Å². The molecule has 2 aromatic rings. The summed E-state index contributed by atoms with van der Waals surface area (Å²) in [6.07, 6.45) is 2.94. The number of fused-ring (bicyclic) bond motifs is 1. The zero-order valence-electron chi connectivity index (χ0n) is 15.3. The van der Waals surface area contributed by atoms with Gasteiger partial charge in [-0.25, -0.2) is 0 Å². The summed E-state index contributed by atoms with van der Waals surface area (Å²) in [6.45, 7) is 5.88. The Bertz CT molecular complexity index is 833. The second kappa shape index (κ2) is 6.49. The molecule has 26 heavy (non-hydrogen) atoms. The standard InChI is InChI=1S/C22H24ClNO2/c1-21(2)24(14-16-6-4-3-5-7-16)22(15-26-21)11-10-17-8-9-18(20(23)25)12-19(17)13-22/h3-9,12H,10-11,13-15H2,1-2H3. The molecule has 1 aliphatic carbocycles. The summed E-state index contributed by atoms with van der Waals surface area (Å²) in [5, 5.41) is -0.392. The van der Waals surface area contributed by atoms with E-state index in [1.165, 1.54) is 16.7 Å². The average molecular weight is 370 g/mol. The van der Waals surface area contributed by atoms with Crippen LogP contribution in [0, 0.1) is 0 Å². The van der Waals surface area contributed by atoms with Crippen LogP contribution in [0.4, 0.5) is 0 Å². The van der Waals surface area contributed by atoms with Crippen LogP contribution in [-0.4, -0.2) is 28.0 Å². The summed E-state index contributed by atoms with van der Waals surface area (Å²) in [4.78, 5) is 14.1. The van der Waals surface area contributed by atoms with Gasteiger partial charge in [0.1, 0.15) is 5.72 Å². The Hall–Kier alpha value is -1.68. The Morgan fingerprint density at radius 1 is 1.15 bits per heavy atom. The van der Waals surface area contributed by atoms with Gasteiger partial charge in [0.2, 0.25) is 0 Å². The van der Waals surface area contributed by atoms with Crippen molar-refractivity contribution in [2.45, 2.75) is 50.9 Å². The van der Waals surface area contributed by atoms with E-state index in [1.807, 2.05) is 18.2 Å². The SMILES string of the molecule is CC1(C)OCC2(CCc3ccc(C(=O)Cl)cc3C2)N1Cc1ccccc1. The molecular weight excluding hydrogens is 346 g/mol. The van der Waals surface area contributed by atoms with Gasteiger partial charge in [-0.15, -0.1) is 0 Å². The molecule has 1 heterocycles. The molecule has 1 saturated heterocycles. The molecule has 0 bridgehead atoms. The van der Waals surface area contributed by atoms with Crippen LogP contribution in [0.25, 0.3) is 0 Å². The first-order valence-electron chi connectivity index (χ1n) is 9.17. The first-order valence-corrected chi connectivity index (χ1v) is 9.55. The fourth-order valence-electron chi connectivity index (χ4n) is 4.48. The van der Waals surface area contributed by atoms with Crippen LogP contribution in [0.3, 0.4) is 0 Å². The van der Waals surface area contributed by atoms with E-state index in [-0.39, 0.29) is 11.3 Å². The van der Waals surface area contributed by atoms with Crippen molar-refractivity contribution in [3.63, 3.8) is 0 Å². The van der Waals surface area contributed by atoms with Crippen LogP contribution in [0.5, 0.6) is 0 Å². The van der Waals surface area contributed by atoms with Gasteiger partial charge < -0.3 is 4.74 Å².